The number of nitrogens with one attached hydrogen (secondary N) is 1. The molecule has 108 valence electrons. The van der Waals surface area contributed by atoms with E-state index < -0.39 is 12.0 Å². The summed E-state index contributed by atoms with van der Waals surface area (Å²) in [5, 5.41) is 12.3. The molecule has 1 aliphatic rings. The van der Waals surface area contributed by atoms with Gasteiger partial charge in [-0.3, -0.25) is 14.9 Å². The second kappa shape index (κ2) is 7.20. The SMILES string of the molecule is O=C(CN[C@H](C(=O)O)C1CCCCC1)c1ccccc1. The van der Waals surface area contributed by atoms with Crippen molar-refractivity contribution in [2.45, 2.75) is 38.1 Å². The molecule has 0 unspecified atom stereocenters. The monoisotopic (exact) mass is 275 g/mol. The summed E-state index contributed by atoms with van der Waals surface area (Å²) in [6, 6.07) is 8.36. The van der Waals surface area contributed by atoms with E-state index >= 15 is 0 Å². The maximum Gasteiger partial charge on any atom is 0.320 e. The minimum absolute atomic E-state index is 0.0624. The lowest BCUT2D eigenvalue weighted by Gasteiger charge is -2.27. The van der Waals surface area contributed by atoms with Crippen LogP contribution in [0.1, 0.15) is 42.5 Å². The summed E-state index contributed by atoms with van der Waals surface area (Å²) in [7, 11) is 0. The van der Waals surface area contributed by atoms with Crippen molar-refractivity contribution in [3.63, 3.8) is 0 Å². The van der Waals surface area contributed by atoms with Crippen LogP contribution in [0, 0.1) is 5.92 Å². The Hall–Kier alpha value is -1.68. The fourth-order valence-corrected chi connectivity index (χ4v) is 2.85. The molecule has 0 saturated heterocycles. The van der Waals surface area contributed by atoms with E-state index in [4.69, 9.17) is 0 Å². The predicted molar refractivity (Wildman–Crippen MR) is 76.8 cm³/mol. The number of Topliss-reactive ketones (excluding diaryl/α,β-unsaturated/α-hetero) is 1. The molecule has 1 aromatic rings. The van der Waals surface area contributed by atoms with Gasteiger partial charge in [-0.15, -0.1) is 0 Å². The van der Waals surface area contributed by atoms with E-state index in [1.807, 2.05) is 18.2 Å². The number of carbonyl (C=O) groups is 2. The average molecular weight is 275 g/mol. The van der Waals surface area contributed by atoms with Gasteiger partial charge in [-0.25, -0.2) is 0 Å². The molecule has 0 heterocycles. The van der Waals surface area contributed by atoms with Crippen molar-refractivity contribution in [3.8, 4) is 0 Å². The van der Waals surface area contributed by atoms with Crippen molar-refractivity contribution < 1.29 is 14.7 Å². The molecule has 2 N–H and O–H groups in total. The molecular formula is C16H21NO3. The van der Waals surface area contributed by atoms with Gasteiger partial charge >= 0.3 is 5.97 Å². The third-order valence-corrected chi connectivity index (χ3v) is 3.97. The number of carbonyl (C=O) groups excluding carboxylic acids is 1. The zero-order valence-electron chi connectivity index (χ0n) is 11.5. The molecule has 1 atom stereocenters. The molecule has 0 aliphatic heterocycles. The Morgan fingerprint density at radius 2 is 1.80 bits per heavy atom. The normalized spacial score (nSPS) is 17.6. The Balaban J connectivity index is 1.92. The second-order valence-corrected chi connectivity index (χ2v) is 5.38. The van der Waals surface area contributed by atoms with Gasteiger partial charge in [-0.05, 0) is 18.8 Å². The van der Waals surface area contributed by atoms with E-state index in [1.165, 1.54) is 6.42 Å². The third kappa shape index (κ3) is 3.90. The zero-order valence-corrected chi connectivity index (χ0v) is 11.5. The van der Waals surface area contributed by atoms with Gasteiger partial charge in [-0.1, -0.05) is 49.6 Å². The molecule has 2 rings (SSSR count). The predicted octanol–water partition coefficient (Wildman–Crippen LogP) is 2.49. The number of aliphatic carboxylic acids is 1. The molecule has 20 heavy (non-hydrogen) atoms. The number of ketones is 1. The Morgan fingerprint density at radius 1 is 1.15 bits per heavy atom. The Kier molecular flexibility index (Phi) is 5.30. The first-order valence-electron chi connectivity index (χ1n) is 7.23. The van der Waals surface area contributed by atoms with E-state index in [1.54, 1.807) is 12.1 Å². The van der Waals surface area contributed by atoms with Crippen LogP contribution >= 0.6 is 0 Å². The lowest BCUT2D eigenvalue weighted by atomic mass is 9.84. The van der Waals surface area contributed by atoms with E-state index in [0.717, 1.165) is 25.7 Å². The largest absolute Gasteiger partial charge is 0.480 e. The molecule has 4 nitrogen and oxygen atoms in total. The zero-order chi connectivity index (χ0) is 14.4. The van der Waals surface area contributed by atoms with Crippen molar-refractivity contribution in [2.24, 2.45) is 5.92 Å². The van der Waals surface area contributed by atoms with E-state index in [-0.39, 0.29) is 18.2 Å². The van der Waals surface area contributed by atoms with Crippen LogP contribution in [0.25, 0.3) is 0 Å². The lowest BCUT2D eigenvalue weighted by Crippen LogP contribution is -2.45. The van der Waals surface area contributed by atoms with Gasteiger partial charge in [0.25, 0.3) is 0 Å². The molecule has 1 saturated carbocycles. The van der Waals surface area contributed by atoms with Gasteiger partial charge < -0.3 is 5.11 Å². The minimum atomic E-state index is -0.849. The molecule has 0 aromatic heterocycles. The fraction of sp³-hybridized carbons (Fsp3) is 0.500. The van der Waals surface area contributed by atoms with E-state index in [0.29, 0.717) is 5.56 Å². The number of rotatable bonds is 6. The maximum absolute atomic E-state index is 12.0. The third-order valence-electron chi connectivity index (χ3n) is 3.97. The van der Waals surface area contributed by atoms with Crippen molar-refractivity contribution >= 4 is 11.8 Å². The van der Waals surface area contributed by atoms with Gasteiger partial charge in [0, 0.05) is 5.56 Å². The first kappa shape index (κ1) is 14.7. The van der Waals surface area contributed by atoms with Crippen LogP contribution < -0.4 is 5.32 Å². The van der Waals surface area contributed by atoms with Crippen molar-refractivity contribution in [1.82, 2.24) is 5.32 Å². The van der Waals surface area contributed by atoms with Gasteiger partial charge in [0.2, 0.25) is 0 Å². The highest BCUT2D eigenvalue weighted by Gasteiger charge is 2.29. The topological polar surface area (TPSA) is 66.4 Å². The van der Waals surface area contributed by atoms with Crippen LogP contribution in [0.15, 0.2) is 30.3 Å². The van der Waals surface area contributed by atoms with Gasteiger partial charge in [0.05, 0.1) is 6.54 Å². The quantitative estimate of drug-likeness (QED) is 0.783. The molecule has 0 spiro atoms. The Morgan fingerprint density at radius 3 is 2.40 bits per heavy atom. The number of benzene rings is 1. The Labute approximate surface area is 119 Å². The van der Waals surface area contributed by atoms with Gasteiger partial charge in [0.15, 0.2) is 5.78 Å². The molecule has 1 fully saturated rings. The standard InChI is InChI=1S/C16H21NO3/c18-14(12-7-3-1-4-8-12)11-17-15(16(19)20)13-9-5-2-6-10-13/h1,3-4,7-8,13,15,17H,2,5-6,9-11H2,(H,19,20)/t15-/m0/s1. The number of hydrogen-bond donors (Lipinski definition) is 2. The summed E-state index contributed by atoms with van der Waals surface area (Å²) in [5.41, 5.74) is 0.618. The summed E-state index contributed by atoms with van der Waals surface area (Å²) in [5.74, 6) is -0.768. The molecule has 4 heteroatoms. The highest BCUT2D eigenvalue weighted by molar-refractivity contribution is 5.97. The minimum Gasteiger partial charge on any atom is -0.480 e. The fourth-order valence-electron chi connectivity index (χ4n) is 2.85. The summed E-state index contributed by atoms with van der Waals surface area (Å²) >= 11 is 0. The van der Waals surface area contributed by atoms with Crippen molar-refractivity contribution in [1.29, 1.82) is 0 Å². The van der Waals surface area contributed by atoms with Crippen molar-refractivity contribution in [3.05, 3.63) is 35.9 Å². The molecule has 1 aromatic carbocycles. The molecule has 1 aliphatic carbocycles. The van der Waals surface area contributed by atoms with Crippen LogP contribution in [-0.4, -0.2) is 29.4 Å². The first-order valence-corrected chi connectivity index (χ1v) is 7.23. The highest BCUT2D eigenvalue weighted by atomic mass is 16.4. The van der Waals surface area contributed by atoms with Crippen LogP contribution in [0.5, 0.6) is 0 Å². The summed E-state index contributed by atoms with van der Waals surface area (Å²) in [6.07, 6.45) is 5.23. The summed E-state index contributed by atoms with van der Waals surface area (Å²) in [6.45, 7) is 0.0808. The smallest absolute Gasteiger partial charge is 0.320 e. The number of carboxylic acid groups (broad SMARTS) is 1. The highest BCUT2D eigenvalue weighted by Crippen LogP contribution is 2.26. The van der Waals surface area contributed by atoms with Crippen molar-refractivity contribution in [2.75, 3.05) is 6.54 Å². The van der Waals surface area contributed by atoms with E-state index in [2.05, 4.69) is 5.32 Å². The maximum atomic E-state index is 12.0. The number of carboxylic acids is 1. The number of hydrogen-bond acceptors (Lipinski definition) is 3. The van der Waals surface area contributed by atoms with Gasteiger partial charge in [0.1, 0.15) is 6.04 Å². The van der Waals surface area contributed by atoms with Gasteiger partial charge in [-0.2, -0.15) is 0 Å². The summed E-state index contributed by atoms with van der Waals surface area (Å²) < 4.78 is 0. The van der Waals surface area contributed by atoms with Crippen LogP contribution in [0.4, 0.5) is 0 Å². The van der Waals surface area contributed by atoms with Crippen LogP contribution in [0.2, 0.25) is 0 Å². The summed E-state index contributed by atoms with van der Waals surface area (Å²) in [4.78, 5) is 23.4. The van der Waals surface area contributed by atoms with Crippen LogP contribution in [0.3, 0.4) is 0 Å². The second-order valence-electron chi connectivity index (χ2n) is 5.38. The molecule has 0 amide bonds. The molecule has 0 bridgehead atoms. The van der Waals surface area contributed by atoms with Crippen LogP contribution in [-0.2, 0) is 4.79 Å². The average Bonchev–Trinajstić information content (AvgIpc) is 2.49. The van der Waals surface area contributed by atoms with E-state index in [9.17, 15) is 14.7 Å². The Bertz CT molecular complexity index is 452. The molecular weight excluding hydrogens is 254 g/mol. The molecule has 0 radical (unpaired) electrons. The lowest BCUT2D eigenvalue weighted by molar-refractivity contribution is -0.141. The first-order chi connectivity index (χ1) is 9.68.